The molecule has 0 fully saturated rings. The molecule has 0 bridgehead atoms. The molecule has 0 aromatic heterocycles. The summed E-state index contributed by atoms with van der Waals surface area (Å²) in [6, 6.07) is 0. The Morgan fingerprint density at radius 3 is 2.47 bits per heavy atom. The zero-order chi connectivity index (χ0) is 11.7. The number of carbonyl (C=O) groups excluding carboxylic acids is 1. The van der Waals surface area contributed by atoms with Crippen molar-refractivity contribution in [2.24, 2.45) is 0 Å². The Labute approximate surface area is 92.5 Å². The van der Waals surface area contributed by atoms with Gasteiger partial charge in [-0.25, -0.2) is 0 Å². The van der Waals surface area contributed by atoms with Crippen LogP contribution < -0.4 is 0 Å². The zero-order valence-electron chi connectivity index (χ0n) is 10.3. The molecule has 0 aliphatic carbocycles. The van der Waals surface area contributed by atoms with Crippen LogP contribution in [0.25, 0.3) is 0 Å². The normalized spacial score (nSPS) is 12.9. The van der Waals surface area contributed by atoms with Crippen molar-refractivity contribution in [3.8, 4) is 0 Å². The van der Waals surface area contributed by atoms with Crippen molar-refractivity contribution in [1.29, 1.82) is 0 Å². The highest BCUT2D eigenvalue weighted by Crippen LogP contribution is 2.04. The van der Waals surface area contributed by atoms with Crippen LogP contribution in [-0.4, -0.2) is 50.8 Å². The first-order chi connectivity index (χ1) is 7.10. The number of hydrogen-bond donors (Lipinski definition) is 0. The monoisotopic (exact) mass is 217 g/mol. The van der Waals surface area contributed by atoms with Gasteiger partial charge in [0.25, 0.3) is 0 Å². The fraction of sp³-hybridized carbons (Fsp3) is 0.909. The predicted molar refractivity (Wildman–Crippen MR) is 59.8 cm³/mol. The molecule has 0 saturated carbocycles. The lowest BCUT2D eigenvalue weighted by atomic mass is 10.2. The van der Waals surface area contributed by atoms with Gasteiger partial charge in [0.15, 0.2) is 0 Å². The molecule has 0 heterocycles. The van der Waals surface area contributed by atoms with Crippen LogP contribution in [-0.2, 0) is 14.3 Å². The van der Waals surface area contributed by atoms with Gasteiger partial charge in [-0.1, -0.05) is 6.92 Å². The smallest absolute Gasteiger partial charge is 0.308 e. The van der Waals surface area contributed by atoms with E-state index in [0.29, 0.717) is 19.6 Å². The highest BCUT2D eigenvalue weighted by atomic mass is 16.5. The summed E-state index contributed by atoms with van der Waals surface area (Å²) in [6.07, 6.45) is 1.20. The zero-order valence-corrected chi connectivity index (χ0v) is 10.3. The second kappa shape index (κ2) is 8.68. The molecule has 4 heteroatoms. The van der Waals surface area contributed by atoms with Crippen LogP contribution in [0.15, 0.2) is 0 Å². The van der Waals surface area contributed by atoms with Crippen LogP contribution >= 0.6 is 0 Å². The molecule has 15 heavy (non-hydrogen) atoms. The molecule has 4 nitrogen and oxygen atoms in total. The van der Waals surface area contributed by atoms with Gasteiger partial charge in [-0.15, -0.1) is 0 Å². The summed E-state index contributed by atoms with van der Waals surface area (Å²) >= 11 is 0. The van der Waals surface area contributed by atoms with Gasteiger partial charge in [-0.05, 0) is 27.4 Å². The first-order valence-corrected chi connectivity index (χ1v) is 5.52. The van der Waals surface area contributed by atoms with E-state index >= 15 is 0 Å². The molecule has 1 unspecified atom stereocenters. The number of esters is 1. The third kappa shape index (κ3) is 8.39. The van der Waals surface area contributed by atoms with E-state index < -0.39 is 0 Å². The van der Waals surface area contributed by atoms with Crippen molar-refractivity contribution in [2.45, 2.75) is 32.8 Å². The van der Waals surface area contributed by atoms with Gasteiger partial charge in [0.1, 0.15) is 6.61 Å². The maximum absolute atomic E-state index is 11.3. The second-order valence-corrected chi connectivity index (χ2v) is 3.71. The number of ether oxygens (including phenoxy) is 2. The van der Waals surface area contributed by atoms with E-state index in [1.807, 2.05) is 32.8 Å². The van der Waals surface area contributed by atoms with Crippen LogP contribution in [0.3, 0.4) is 0 Å². The van der Waals surface area contributed by atoms with E-state index in [2.05, 4.69) is 0 Å². The Morgan fingerprint density at radius 2 is 2.00 bits per heavy atom. The summed E-state index contributed by atoms with van der Waals surface area (Å²) in [5, 5.41) is 0. The molecule has 0 spiro atoms. The number of rotatable bonds is 8. The first kappa shape index (κ1) is 14.4. The number of carbonyl (C=O) groups is 1. The molecule has 0 saturated heterocycles. The summed E-state index contributed by atoms with van der Waals surface area (Å²) < 4.78 is 10.4. The lowest BCUT2D eigenvalue weighted by molar-refractivity contribution is -0.147. The van der Waals surface area contributed by atoms with Gasteiger partial charge in [-0.3, -0.25) is 4.79 Å². The van der Waals surface area contributed by atoms with Crippen molar-refractivity contribution < 1.29 is 14.3 Å². The summed E-state index contributed by atoms with van der Waals surface area (Å²) in [4.78, 5) is 13.3. The molecule has 0 rings (SSSR count). The molecule has 0 amide bonds. The minimum Gasteiger partial charge on any atom is -0.464 e. The van der Waals surface area contributed by atoms with Gasteiger partial charge in [-0.2, -0.15) is 0 Å². The van der Waals surface area contributed by atoms with Gasteiger partial charge in [0.2, 0.25) is 0 Å². The number of nitrogens with zero attached hydrogens (tertiary/aromatic N) is 1. The lowest BCUT2D eigenvalue weighted by Crippen LogP contribution is -2.23. The number of likely N-dealkylation sites (N-methyl/N-ethyl adjacent to an activating group) is 1. The molecule has 0 aliphatic heterocycles. The average Bonchev–Trinajstić information content (AvgIpc) is 2.16. The third-order valence-corrected chi connectivity index (χ3v) is 2.05. The lowest BCUT2D eigenvalue weighted by Gasteiger charge is -2.15. The van der Waals surface area contributed by atoms with Crippen molar-refractivity contribution in [1.82, 2.24) is 4.90 Å². The Morgan fingerprint density at radius 1 is 1.33 bits per heavy atom. The second-order valence-electron chi connectivity index (χ2n) is 3.71. The van der Waals surface area contributed by atoms with Crippen molar-refractivity contribution in [2.75, 3.05) is 33.9 Å². The van der Waals surface area contributed by atoms with Crippen LogP contribution in [0.5, 0.6) is 0 Å². The quantitative estimate of drug-likeness (QED) is 0.574. The largest absolute Gasteiger partial charge is 0.464 e. The number of hydrogen-bond acceptors (Lipinski definition) is 4. The topological polar surface area (TPSA) is 38.8 Å². The van der Waals surface area contributed by atoms with Crippen molar-refractivity contribution in [3.63, 3.8) is 0 Å². The fourth-order valence-electron chi connectivity index (χ4n) is 1.14. The molecule has 0 aromatic rings. The Bertz CT molecular complexity index is 171. The van der Waals surface area contributed by atoms with Gasteiger partial charge >= 0.3 is 5.97 Å². The highest BCUT2D eigenvalue weighted by molar-refractivity contribution is 5.69. The molecule has 0 N–H and O–H groups in total. The third-order valence-electron chi connectivity index (χ3n) is 2.05. The van der Waals surface area contributed by atoms with Gasteiger partial charge in [0, 0.05) is 13.2 Å². The molecule has 0 aromatic carbocycles. The summed E-state index contributed by atoms with van der Waals surface area (Å²) in [7, 11) is 3.89. The highest BCUT2D eigenvalue weighted by Gasteiger charge is 2.12. The fourth-order valence-corrected chi connectivity index (χ4v) is 1.14. The van der Waals surface area contributed by atoms with E-state index in [9.17, 15) is 4.79 Å². The van der Waals surface area contributed by atoms with E-state index in [1.54, 1.807) is 0 Å². The minimum atomic E-state index is -0.169. The van der Waals surface area contributed by atoms with E-state index in [0.717, 1.165) is 13.0 Å². The minimum absolute atomic E-state index is 0.00172. The van der Waals surface area contributed by atoms with Crippen LogP contribution in [0.4, 0.5) is 0 Å². The predicted octanol–water partition coefficient (Wildman–Crippen LogP) is 1.30. The van der Waals surface area contributed by atoms with Crippen LogP contribution in [0.2, 0.25) is 0 Å². The maximum Gasteiger partial charge on any atom is 0.308 e. The summed E-state index contributed by atoms with van der Waals surface area (Å²) in [5.41, 5.74) is 0. The van der Waals surface area contributed by atoms with E-state index in [1.165, 1.54) is 0 Å². The SMILES string of the molecule is CCOC(CC)CC(=O)OCCN(C)C. The van der Waals surface area contributed by atoms with Crippen molar-refractivity contribution >= 4 is 5.97 Å². The van der Waals surface area contributed by atoms with E-state index in [-0.39, 0.29) is 12.1 Å². The Kier molecular flexibility index (Phi) is 8.33. The van der Waals surface area contributed by atoms with Gasteiger partial charge in [0.05, 0.1) is 12.5 Å². The first-order valence-electron chi connectivity index (χ1n) is 5.52. The molecule has 1 atom stereocenters. The van der Waals surface area contributed by atoms with Crippen LogP contribution in [0.1, 0.15) is 26.7 Å². The molecule has 0 radical (unpaired) electrons. The molecular weight excluding hydrogens is 194 g/mol. The molecule has 0 aliphatic rings. The van der Waals surface area contributed by atoms with E-state index in [4.69, 9.17) is 9.47 Å². The Balaban J connectivity index is 3.61. The summed E-state index contributed by atoms with van der Waals surface area (Å²) in [5.74, 6) is -0.169. The summed E-state index contributed by atoms with van der Waals surface area (Å²) in [6.45, 7) is 5.79. The molecular formula is C11H23NO3. The van der Waals surface area contributed by atoms with Crippen LogP contribution in [0, 0.1) is 0 Å². The Hall–Kier alpha value is -0.610. The molecule has 90 valence electrons. The maximum atomic E-state index is 11.3. The van der Waals surface area contributed by atoms with Gasteiger partial charge < -0.3 is 14.4 Å². The standard InChI is InChI=1S/C11H23NO3/c1-5-10(14-6-2)9-11(13)15-8-7-12(3)4/h10H,5-9H2,1-4H3. The average molecular weight is 217 g/mol. The van der Waals surface area contributed by atoms with Crippen molar-refractivity contribution in [3.05, 3.63) is 0 Å².